The molecule has 2 aliphatic rings. The molecular weight excluding hydrogens is 483 g/mol. The number of rotatable bonds is 6. The zero-order chi connectivity index (χ0) is 25.4. The van der Waals surface area contributed by atoms with Gasteiger partial charge in [0.05, 0.1) is 22.8 Å². The van der Waals surface area contributed by atoms with Crippen LogP contribution in [0, 0.1) is 5.82 Å². The Balaban J connectivity index is 1.37. The smallest absolute Gasteiger partial charge is 0.333 e. The number of imidazole rings is 1. The SMILES string of the molecule is CC(C)n1cc(-c2ccnc(N[C@H]3CC[C@H](N4CCCS4(=O)=O)CC3)n2)n(-c2ccc(F)cc2)c1=O. The second-order valence-electron chi connectivity index (χ2n) is 9.81. The van der Waals surface area contributed by atoms with Gasteiger partial charge in [-0.05, 0) is 76.3 Å². The fraction of sp³-hybridized carbons (Fsp3) is 0.480. The molecule has 1 aliphatic heterocycles. The molecule has 2 fully saturated rings. The highest BCUT2D eigenvalue weighted by Crippen LogP contribution is 2.30. The summed E-state index contributed by atoms with van der Waals surface area (Å²) in [4.78, 5) is 22.3. The molecule has 0 bridgehead atoms. The molecule has 3 heterocycles. The Hall–Kier alpha value is -3.05. The van der Waals surface area contributed by atoms with Crippen molar-refractivity contribution in [1.29, 1.82) is 0 Å². The van der Waals surface area contributed by atoms with Gasteiger partial charge in [-0.2, -0.15) is 4.31 Å². The van der Waals surface area contributed by atoms with Gasteiger partial charge < -0.3 is 5.32 Å². The number of anilines is 1. The Morgan fingerprint density at radius 2 is 1.81 bits per heavy atom. The number of benzene rings is 1. The molecule has 9 nitrogen and oxygen atoms in total. The molecule has 0 radical (unpaired) electrons. The number of sulfonamides is 1. The zero-order valence-electron chi connectivity index (χ0n) is 20.5. The second-order valence-corrected chi connectivity index (χ2v) is 11.8. The molecule has 3 aromatic rings. The van der Waals surface area contributed by atoms with E-state index in [1.165, 1.54) is 16.7 Å². The first-order valence-electron chi connectivity index (χ1n) is 12.4. The summed E-state index contributed by atoms with van der Waals surface area (Å²) in [6, 6.07) is 7.70. The molecule has 1 aliphatic carbocycles. The molecule has 36 heavy (non-hydrogen) atoms. The minimum absolute atomic E-state index is 0.0630. The van der Waals surface area contributed by atoms with E-state index in [1.807, 2.05) is 13.8 Å². The van der Waals surface area contributed by atoms with Crippen LogP contribution >= 0.6 is 0 Å². The molecule has 0 amide bonds. The van der Waals surface area contributed by atoms with Crippen LogP contribution in [0.5, 0.6) is 0 Å². The number of aromatic nitrogens is 4. The Morgan fingerprint density at radius 1 is 1.08 bits per heavy atom. The zero-order valence-corrected chi connectivity index (χ0v) is 21.3. The first-order valence-corrected chi connectivity index (χ1v) is 14.0. The van der Waals surface area contributed by atoms with E-state index in [2.05, 4.69) is 10.3 Å². The van der Waals surface area contributed by atoms with Gasteiger partial charge >= 0.3 is 5.69 Å². The third-order valence-electron chi connectivity index (χ3n) is 7.05. The van der Waals surface area contributed by atoms with Gasteiger partial charge in [-0.15, -0.1) is 0 Å². The number of nitrogens with zero attached hydrogens (tertiary/aromatic N) is 5. The Bertz CT molecular complexity index is 1390. The molecule has 1 aromatic carbocycles. The molecule has 192 valence electrons. The fourth-order valence-electron chi connectivity index (χ4n) is 5.18. The van der Waals surface area contributed by atoms with Crippen LogP contribution in [0.2, 0.25) is 0 Å². The van der Waals surface area contributed by atoms with E-state index in [4.69, 9.17) is 4.98 Å². The Kier molecular flexibility index (Phi) is 6.69. The van der Waals surface area contributed by atoms with Gasteiger partial charge in [-0.3, -0.25) is 9.13 Å². The van der Waals surface area contributed by atoms with E-state index < -0.39 is 10.0 Å². The number of nitrogens with one attached hydrogen (secondary N) is 1. The second kappa shape index (κ2) is 9.78. The highest BCUT2D eigenvalue weighted by atomic mass is 32.2. The molecule has 0 unspecified atom stereocenters. The first-order chi connectivity index (χ1) is 17.2. The van der Waals surface area contributed by atoms with Gasteiger partial charge in [0, 0.05) is 37.1 Å². The Labute approximate surface area is 210 Å². The number of halogens is 1. The Morgan fingerprint density at radius 3 is 2.44 bits per heavy atom. The summed E-state index contributed by atoms with van der Waals surface area (Å²) in [5, 5.41) is 3.40. The van der Waals surface area contributed by atoms with Gasteiger partial charge in [0.15, 0.2) is 0 Å². The average Bonchev–Trinajstić information content (AvgIpc) is 3.39. The summed E-state index contributed by atoms with van der Waals surface area (Å²) in [6.45, 7) is 4.48. The van der Waals surface area contributed by atoms with Crippen LogP contribution in [-0.4, -0.2) is 56.2 Å². The highest BCUT2D eigenvalue weighted by molar-refractivity contribution is 7.89. The lowest BCUT2D eigenvalue weighted by Crippen LogP contribution is -2.41. The predicted octanol–water partition coefficient (Wildman–Crippen LogP) is 3.57. The summed E-state index contributed by atoms with van der Waals surface area (Å²) in [5.41, 5.74) is 1.49. The van der Waals surface area contributed by atoms with Crippen molar-refractivity contribution in [2.75, 3.05) is 17.6 Å². The fourth-order valence-corrected chi connectivity index (χ4v) is 6.98. The maximum atomic E-state index is 13.5. The van der Waals surface area contributed by atoms with Crippen LogP contribution in [0.1, 0.15) is 52.0 Å². The molecule has 5 rings (SSSR count). The van der Waals surface area contributed by atoms with Gasteiger partial charge in [0.1, 0.15) is 5.82 Å². The first kappa shape index (κ1) is 24.6. The maximum Gasteiger partial charge on any atom is 0.333 e. The van der Waals surface area contributed by atoms with Crippen molar-refractivity contribution in [3.8, 4) is 17.1 Å². The molecule has 1 saturated heterocycles. The third-order valence-corrected chi connectivity index (χ3v) is 9.05. The highest BCUT2D eigenvalue weighted by Gasteiger charge is 2.36. The predicted molar refractivity (Wildman–Crippen MR) is 136 cm³/mol. The van der Waals surface area contributed by atoms with E-state index in [1.54, 1.807) is 39.5 Å². The van der Waals surface area contributed by atoms with E-state index in [-0.39, 0.29) is 35.4 Å². The lowest BCUT2D eigenvalue weighted by molar-refractivity contribution is 0.257. The van der Waals surface area contributed by atoms with E-state index >= 15 is 0 Å². The van der Waals surface area contributed by atoms with Gasteiger partial charge in [0.25, 0.3) is 0 Å². The molecule has 0 atom stereocenters. The third kappa shape index (κ3) is 4.81. The minimum atomic E-state index is -3.10. The van der Waals surface area contributed by atoms with Crippen molar-refractivity contribution in [3.63, 3.8) is 0 Å². The molecule has 2 aromatic heterocycles. The summed E-state index contributed by atoms with van der Waals surface area (Å²) in [7, 11) is -3.10. The van der Waals surface area contributed by atoms with Crippen molar-refractivity contribution >= 4 is 16.0 Å². The average molecular weight is 515 g/mol. The van der Waals surface area contributed by atoms with Crippen molar-refractivity contribution in [2.45, 2.75) is 64.1 Å². The van der Waals surface area contributed by atoms with Crippen molar-refractivity contribution in [1.82, 2.24) is 23.4 Å². The summed E-state index contributed by atoms with van der Waals surface area (Å²) in [6.07, 6.45) is 7.39. The summed E-state index contributed by atoms with van der Waals surface area (Å²) in [5.74, 6) is 0.343. The van der Waals surface area contributed by atoms with Gasteiger partial charge in [-0.1, -0.05) is 0 Å². The van der Waals surface area contributed by atoms with Crippen LogP contribution in [0.3, 0.4) is 0 Å². The summed E-state index contributed by atoms with van der Waals surface area (Å²) >= 11 is 0. The number of hydrogen-bond acceptors (Lipinski definition) is 6. The maximum absolute atomic E-state index is 13.5. The number of hydrogen-bond donors (Lipinski definition) is 1. The molecular formula is C25H31FN6O3S. The van der Waals surface area contributed by atoms with Gasteiger partial charge in [0.2, 0.25) is 16.0 Å². The van der Waals surface area contributed by atoms with Crippen LogP contribution in [-0.2, 0) is 10.0 Å². The monoisotopic (exact) mass is 514 g/mol. The van der Waals surface area contributed by atoms with E-state index in [9.17, 15) is 17.6 Å². The molecule has 11 heteroatoms. The van der Waals surface area contributed by atoms with Crippen LogP contribution in [0.25, 0.3) is 17.1 Å². The minimum Gasteiger partial charge on any atom is -0.351 e. The lowest BCUT2D eigenvalue weighted by Gasteiger charge is -2.33. The lowest BCUT2D eigenvalue weighted by atomic mass is 9.91. The normalized spacial score (nSPS) is 22.2. The van der Waals surface area contributed by atoms with Crippen molar-refractivity contribution in [2.24, 2.45) is 0 Å². The van der Waals surface area contributed by atoms with Crippen LogP contribution in [0.15, 0.2) is 47.5 Å². The van der Waals surface area contributed by atoms with Crippen molar-refractivity contribution in [3.05, 3.63) is 59.0 Å². The van der Waals surface area contributed by atoms with Crippen LogP contribution in [0.4, 0.5) is 10.3 Å². The standard InChI is InChI=1S/C25H31FN6O3S/c1-17(2)30-16-23(32(25(30)33)21-8-4-18(26)5-9-21)22-12-13-27-24(29-22)28-19-6-10-20(11-7-19)31-14-3-15-36(31,34)35/h4-5,8-9,12-13,16-17,19-20H,3,6-7,10-11,14-15H2,1-2H3,(H,27,28,29)/t19-,20-. The van der Waals surface area contributed by atoms with E-state index in [0.717, 1.165) is 25.7 Å². The quantitative estimate of drug-likeness (QED) is 0.540. The van der Waals surface area contributed by atoms with Crippen molar-refractivity contribution < 1.29 is 12.8 Å². The molecule has 1 N–H and O–H groups in total. The topological polar surface area (TPSA) is 102 Å². The summed E-state index contributed by atoms with van der Waals surface area (Å²) < 4.78 is 42.9. The largest absolute Gasteiger partial charge is 0.351 e. The van der Waals surface area contributed by atoms with E-state index in [0.29, 0.717) is 36.0 Å². The van der Waals surface area contributed by atoms with Crippen LogP contribution < -0.4 is 11.0 Å². The van der Waals surface area contributed by atoms with Gasteiger partial charge in [-0.25, -0.2) is 27.6 Å². The molecule has 0 spiro atoms. The molecule has 1 saturated carbocycles.